The summed E-state index contributed by atoms with van der Waals surface area (Å²) in [6.07, 6.45) is -1.12. The Morgan fingerprint density at radius 1 is 1.70 bits per heavy atom. The molecule has 1 unspecified atom stereocenters. The van der Waals surface area contributed by atoms with E-state index in [-0.39, 0.29) is 6.61 Å². The number of hydrogen-bond acceptors (Lipinski definition) is 3. The van der Waals surface area contributed by atoms with Crippen molar-refractivity contribution in [2.24, 2.45) is 0 Å². The number of ether oxygens (including phenoxy) is 1. The molecule has 0 amide bonds. The molecule has 5 heteroatoms. The van der Waals surface area contributed by atoms with Crippen molar-refractivity contribution in [1.82, 2.24) is 0 Å². The van der Waals surface area contributed by atoms with E-state index in [0.29, 0.717) is 0 Å². The van der Waals surface area contributed by atoms with Gasteiger partial charge in [-0.1, -0.05) is 0 Å². The van der Waals surface area contributed by atoms with Crippen molar-refractivity contribution in [2.45, 2.75) is 17.9 Å². The third-order valence-corrected chi connectivity index (χ3v) is 0.945. The Labute approximate surface area is 68.9 Å². The van der Waals surface area contributed by atoms with Gasteiger partial charge in [-0.05, 0) is 6.92 Å². The molecule has 0 fully saturated rings. The quantitative estimate of drug-likeness (QED) is 0.522. The van der Waals surface area contributed by atoms with Crippen molar-refractivity contribution in [2.75, 3.05) is 6.61 Å². The van der Waals surface area contributed by atoms with E-state index in [2.05, 4.69) is 4.74 Å². The summed E-state index contributed by atoms with van der Waals surface area (Å²) in [4.78, 5) is 9.72. The summed E-state index contributed by atoms with van der Waals surface area (Å²) in [5.74, 6) is -0.716. The first kappa shape index (κ1) is 10.0. The van der Waals surface area contributed by atoms with E-state index in [1.165, 1.54) is 6.92 Å². The van der Waals surface area contributed by atoms with Crippen LogP contribution >= 0.6 is 23.2 Å². The maximum Gasteiger partial charge on any atom is 0.334 e. The lowest BCUT2D eigenvalue weighted by Gasteiger charge is -2.05. The summed E-state index contributed by atoms with van der Waals surface area (Å²) in [7, 11) is 0. The van der Waals surface area contributed by atoms with Crippen LogP contribution in [0.1, 0.15) is 6.92 Å². The lowest BCUT2D eigenvalue weighted by Crippen LogP contribution is -2.21. The number of aliphatic hydroxyl groups excluding tert-OH is 1. The number of hydrogen-bond donors (Lipinski definition) is 1. The SMILES string of the molecule is CC(O)C(=O)OCC(Cl)Cl. The van der Waals surface area contributed by atoms with Gasteiger partial charge in [0.2, 0.25) is 0 Å². The molecule has 60 valence electrons. The summed E-state index contributed by atoms with van der Waals surface area (Å²) in [5, 5.41) is 8.57. The molecule has 0 saturated heterocycles. The third-order valence-electron chi connectivity index (χ3n) is 0.693. The average Bonchev–Trinajstić information content (AvgIpc) is 1.82. The predicted octanol–water partition coefficient (Wildman–Crippen LogP) is 0.714. The van der Waals surface area contributed by atoms with Gasteiger partial charge in [0.1, 0.15) is 17.5 Å². The van der Waals surface area contributed by atoms with E-state index in [1.807, 2.05) is 0 Å². The summed E-state index contributed by atoms with van der Waals surface area (Å²) in [5.41, 5.74) is 0. The number of aliphatic hydroxyl groups is 1. The van der Waals surface area contributed by atoms with Crippen LogP contribution in [0.15, 0.2) is 0 Å². The molecule has 0 aromatic heterocycles. The first-order chi connectivity index (χ1) is 4.54. The van der Waals surface area contributed by atoms with Crippen LogP contribution < -0.4 is 0 Å². The van der Waals surface area contributed by atoms with Crippen molar-refractivity contribution in [3.05, 3.63) is 0 Å². The van der Waals surface area contributed by atoms with Gasteiger partial charge in [0.05, 0.1) is 0 Å². The Hall–Kier alpha value is 0.01000. The zero-order valence-corrected chi connectivity index (χ0v) is 6.89. The molecule has 1 N–H and O–H groups in total. The number of carbonyl (C=O) groups is 1. The van der Waals surface area contributed by atoms with Crippen LogP contribution in [-0.4, -0.2) is 28.6 Å². The number of rotatable bonds is 3. The lowest BCUT2D eigenvalue weighted by molar-refractivity contribution is -0.152. The fourth-order valence-corrected chi connectivity index (χ4v) is 0.392. The average molecular weight is 187 g/mol. The smallest absolute Gasteiger partial charge is 0.334 e. The van der Waals surface area contributed by atoms with Gasteiger partial charge in [0.15, 0.2) is 0 Å². The van der Waals surface area contributed by atoms with E-state index in [0.717, 1.165) is 0 Å². The molecule has 0 rings (SSSR count). The van der Waals surface area contributed by atoms with Crippen LogP contribution in [0.25, 0.3) is 0 Å². The van der Waals surface area contributed by atoms with Gasteiger partial charge in [-0.25, -0.2) is 4.79 Å². The monoisotopic (exact) mass is 186 g/mol. The van der Waals surface area contributed by atoms with Gasteiger partial charge < -0.3 is 9.84 Å². The molecular weight excluding hydrogens is 179 g/mol. The van der Waals surface area contributed by atoms with E-state index in [4.69, 9.17) is 28.3 Å². The predicted molar refractivity (Wildman–Crippen MR) is 38.1 cm³/mol. The molecule has 0 bridgehead atoms. The largest absolute Gasteiger partial charge is 0.461 e. The van der Waals surface area contributed by atoms with Crippen molar-refractivity contribution in [3.8, 4) is 0 Å². The van der Waals surface area contributed by atoms with E-state index >= 15 is 0 Å². The highest BCUT2D eigenvalue weighted by molar-refractivity contribution is 6.44. The van der Waals surface area contributed by atoms with Gasteiger partial charge in [0.25, 0.3) is 0 Å². The van der Waals surface area contributed by atoms with Crippen LogP contribution in [0.5, 0.6) is 0 Å². The number of esters is 1. The summed E-state index contributed by atoms with van der Waals surface area (Å²) >= 11 is 10.5. The van der Waals surface area contributed by atoms with Crippen LogP contribution in [0.4, 0.5) is 0 Å². The normalized spacial score (nSPS) is 13.3. The Morgan fingerprint density at radius 2 is 2.20 bits per heavy atom. The first-order valence-electron chi connectivity index (χ1n) is 2.67. The minimum Gasteiger partial charge on any atom is -0.461 e. The Bertz CT molecular complexity index is 113. The fourth-order valence-electron chi connectivity index (χ4n) is 0.266. The molecule has 0 heterocycles. The van der Waals surface area contributed by atoms with Crippen LogP contribution in [0.3, 0.4) is 0 Å². The standard InChI is InChI=1S/C5H8Cl2O3/c1-3(8)5(9)10-2-4(6)7/h3-4,8H,2H2,1H3. The van der Waals surface area contributed by atoms with E-state index in [9.17, 15) is 4.79 Å². The first-order valence-corrected chi connectivity index (χ1v) is 3.54. The Morgan fingerprint density at radius 3 is 2.50 bits per heavy atom. The highest BCUT2D eigenvalue weighted by Crippen LogP contribution is 2.01. The van der Waals surface area contributed by atoms with Gasteiger partial charge in [-0.2, -0.15) is 0 Å². The molecule has 0 aliphatic carbocycles. The molecule has 10 heavy (non-hydrogen) atoms. The molecule has 0 aromatic carbocycles. The summed E-state index contributed by atoms with van der Waals surface area (Å²) < 4.78 is 4.41. The van der Waals surface area contributed by atoms with Crippen LogP contribution in [-0.2, 0) is 9.53 Å². The molecule has 0 aliphatic rings. The third kappa shape index (κ3) is 4.85. The second-order valence-electron chi connectivity index (χ2n) is 1.70. The second-order valence-corrected chi connectivity index (χ2v) is 2.97. The van der Waals surface area contributed by atoms with E-state index < -0.39 is 16.9 Å². The zero-order chi connectivity index (χ0) is 8.15. The zero-order valence-electron chi connectivity index (χ0n) is 5.38. The Kier molecular flexibility index (Phi) is 4.77. The van der Waals surface area contributed by atoms with Crippen molar-refractivity contribution in [1.29, 1.82) is 0 Å². The molecule has 0 saturated carbocycles. The molecule has 0 radical (unpaired) electrons. The second kappa shape index (κ2) is 4.77. The van der Waals surface area contributed by atoms with Gasteiger partial charge in [0, 0.05) is 0 Å². The number of carbonyl (C=O) groups excluding carboxylic acids is 1. The minimum atomic E-state index is -1.12. The number of alkyl halides is 2. The van der Waals surface area contributed by atoms with Crippen molar-refractivity contribution in [3.63, 3.8) is 0 Å². The Balaban J connectivity index is 3.40. The van der Waals surface area contributed by atoms with Crippen molar-refractivity contribution < 1.29 is 14.6 Å². The fraction of sp³-hybridized carbons (Fsp3) is 0.800. The van der Waals surface area contributed by atoms with Crippen LogP contribution in [0.2, 0.25) is 0 Å². The van der Waals surface area contributed by atoms with E-state index in [1.54, 1.807) is 0 Å². The molecule has 0 spiro atoms. The molecule has 3 nitrogen and oxygen atoms in total. The van der Waals surface area contributed by atoms with Crippen molar-refractivity contribution >= 4 is 29.2 Å². The maximum atomic E-state index is 10.5. The maximum absolute atomic E-state index is 10.5. The van der Waals surface area contributed by atoms with Crippen LogP contribution in [0, 0.1) is 0 Å². The highest BCUT2D eigenvalue weighted by atomic mass is 35.5. The van der Waals surface area contributed by atoms with Gasteiger partial charge in [-0.15, -0.1) is 23.2 Å². The lowest BCUT2D eigenvalue weighted by atomic mass is 10.4. The minimum absolute atomic E-state index is 0.0904. The molecule has 1 atom stereocenters. The molecule has 0 aromatic rings. The number of halogens is 2. The summed E-state index contributed by atoms with van der Waals surface area (Å²) in [6, 6.07) is 0. The molecule has 0 aliphatic heterocycles. The van der Waals surface area contributed by atoms with Gasteiger partial charge in [-0.3, -0.25) is 0 Å². The topological polar surface area (TPSA) is 46.5 Å². The molecular formula is C5H8Cl2O3. The highest BCUT2D eigenvalue weighted by Gasteiger charge is 2.11. The van der Waals surface area contributed by atoms with Gasteiger partial charge >= 0.3 is 5.97 Å². The summed E-state index contributed by atoms with van der Waals surface area (Å²) in [6.45, 7) is 1.21.